The Bertz CT molecular complexity index is 1150. The van der Waals surface area contributed by atoms with Crippen molar-refractivity contribution in [2.24, 2.45) is 0 Å². The molecule has 0 bridgehead atoms. The lowest BCUT2D eigenvalue weighted by atomic mass is 9.83. The molecule has 0 aliphatic carbocycles. The van der Waals surface area contributed by atoms with Crippen LogP contribution in [0.25, 0.3) is 5.76 Å². The highest BCUT2D eigenvalue weighted by atomic mass is 16.5. The fourth-order valence-electron chi connectivity index (χ4n) is 3.73. The molecule has 30 heavy (non-hydrogen) atoms. The zero-order chi connectivity index (χ0) is 20.9. The van der Waals surface area contributed by atoms with Gasteiger partial charge in [0.2, 0.25) is 0 Å². The van der Waals surface area contributed by atoms with Crippen LogP contribution in [-0.4, -0.2) is 5.78 Å². The van der Waals surface area contributed by atoms with Crippen molar-refractivity contribution in [3.8, 4) is 6.07 Å². The SMILES string of the molecule is C/C(C(=O)c1ccccc1)=C1/C[C@H](c2ccccc2)C(C#N)=C(c2ccccc2)O1. The van der Waals surface area contributed by atoms with Gasteiger partial charge in [-0.15, -0.1) is 0 Å². The summed E-state index contributed by atoms with van der Waals surface area (Å²) in [6.45, 7) is 1.80. The van der Waals surface area contributed by atoms with Crippen LogP contribution in [0.15, 0.2) is 108 Å². The molecule has 0 amide bonds. The maximum atomic E-state index is 13.1. The average Bonchev–Trinajstić information content (AvgIpc) is 2.84. The number of benzene rings is 3. The predicted octanol–water partition coefficient (Wildman–Crippen LogP) is 6.28. The van der Waals surface area contributed by atoms with Crippen LogP contribution in [0.3, 0.4) is 0 Å². The molecule has 1 atom stereocenters. The van der Waals surface area contributed by atoms with Gasteiger partial charge in [-0.1, -0.05) is 91.0 Å². The quantitative estimate of drug-likeness (QED) is 0.388. The number of hydrogen-bond acceptors (Lipinski definition) is 3. The van der Waals surface area contributed by atoms with Crippen LogP contribution < -0.4 is 0 Å². The first-order valence-corrected chi connectivity index (χ1v) is 9.91. The minimum Gasteiger partial charge on any atom is -0.460 e. The van der Waals surface area contributed by atoms with Gasteiger partial charge in [-0.2, -0.15) is 5.26 Å². The maximum Gasteiger partial charge on any atom is 0.192 e. The molecule has 0 radical (unpaired) electrons. The number of nitriles is 1. The standard InChI is InChI=1S/C27H21NO2/c1-19(26(29)21-13-7-3-8-14-21)25-17-23(20-11-5-2-6-12-20)24(18-28)27(30-25)22-15-9-4-10-16-22/h2-16,23H,17H2,1H3/b25-19+/t23-/m1/s1. The second-order valence-corrected chi connectivity index (χ2v) is 7.23. The highest BCUT2D eigenvalue weighted by Gasteiger charge is 2.32. The van der Waals surface area contributed by atoms with E-state index in [2.05, 4.69) is 6.07 Å². The fraction of sp³-hybridized carbons (Fsp3) is 0.111. The van der Waals surface area contributed by atoms with Crippen molar-refractivity contribution in [1.29, 1.82) is 5.26 Å². The highest BCUT2D eigenvalue weighted by molar-refractivity contribution is 6.08. The number of allylic oxidation sites excluding steroid dienone is 3. The monoisotopic (exact) mass is 391 g/mol. The molecule has 0 saturated carbocycles. The number of carbonyl (C=O) groups excluding carboxylic acids is 1. The summed E-state index contributed by atoms with van der Waals surface area (Å²) in [7, 11) is 0. The third-order valence-electron chi connectivity index (χ3n) is 5.36. The van der Waals surface area contributed by atoms with Crippen LogP contribution in [0.1, 0.15) is 40.7 Å². The Hall–Kier alpha value is -3.90. The largest absolute Gasteiger partial charge is 0.460 e. The first kappa shape index (κ1) is 19.4. The lowest BCUT2D eigenvalue weighted by molar-refractivity contribution is 0.102. The van der Waals surface area contributed by atoms with E-state index in [1.165, 1.54) is 0 Å². The van der Waals surface area contributed by atoms with E-state index in [0.29, 0.717) is 34.6 Å². The first-order valence-electron chi connectivity index (χ1n) is 9.91. The smallest absolute Gasteiger partial charge is 0.192 e. The Balaban J connectivity index is 1.85. The van der Waals surface area contributed by atoms with Gasteiger partial charge >= 0.3 is 0 Å². The second kappa shape index (κ2) is 8.63. The molecular weight excluding hydrogens is 370 g/mol. The van der Waals surface area contributed by atoms with E-state index in [1.54, 1.807) is 19.1 Å². The number of hydrogen-bond donors (Lipinski definition) is 0. The Kier molecular flexibility index (Phi) is 5.59. The van der Waals surface area contributed by atoms with Gasteiger partial charge < -0.3 is 4.74 Å². The summed E-state index contributed by atoms with van der Waals surface area (Å²) >= 11 is 0. The molecule has 1 aliphatic rings. The van der Waals surface area contributed by atoms with Crippen LogP contribution in [0.5, 0.6) is 0 Å². The minimum atomic E-state index is -0.173. The summed E-state index contributed by atoms with van der Waals surface area (Å²) in [5.74, 6) is 0.892. The van der Waals surface area contributed by atoms with Crippen molar-refractivity contribution in [3.63, 3.8) is 0 Å². The number of carbonyl (C=O) groups is 1. The molecule has 0 unspecified atom stereocenters. The summed E-state index contributed by atoms with van der Waals surface area (Å²) in [5, 5.41) is 10.00. The van der Waals surface area contributed by atoms with Crippen molar-refractivity contribution in [1.82, 2.24) is 0 Å². The molecule has 0 saturated heterocycles. The Labute approximate surface area is 176 Å². The van der Waals surface area contributed by atoms with Crippen LogP contribution in [0.4, 0.5) is 0 Å². The molecule has 3 aromatic rings. The topological polar surface area (TPSA) is 50.1 Å². The van der Waals surface area contributed by atoms with Crippen molar-refractivity contribution in [2.75, 3.05) is 0 Å². The molecule has 0 N–H and O–H groups in total. The van der Waals surface area contributed by atoms with Gasteiger partial charge in [-0.25, -0.2) is 0 Å². The summed E-state index contributed by atoms with van der Waals surface area (Å²) in [4.78, 5) is 13.1. The zero-order valence-electron chi connectivity index (χ0n) is 16.7. The lowest BCUT2D eigenvalue weighted by Gasteiger charge is -2.29. The highest BCUT2D eigenvalue weighted by Crippen LogP contribution is 2.43. The summed E-state index contributed by atoms with van der Waals surface area (Å²) in [6, 6.07) is 31.1. The Morgan fingerprint density at radius 1 is 0.900 bits per heavy atom. The van der Waals surface area contributed by atoms with E-state index in [0.717, 1.165) is 11.1 Å². The lowest BCUT2D eigenvalue weighted by Crippen LogP contribution is -2.17. The minimum absolute atomic E-state index is 0.0646. The summed E-state index contributed by atoms with van der Waals surface area (Å²) in [5.41, 5.74) is 3.62. The van der Waals surface area contributed by atoms with E-state index in [9.17, 15) is 10.1 Å². The van der Waals surface area contributed by atoms with Gasteiger partial charge in [-0.3, -0.25) is 4.79 Å². The average molecular weight is 391 g/mol. The number of ketones is 1. The van der Waals surface area contributed by atoms with Crippen LogP contribution in [0.2, 0.25) is 0 Å². The van der Waals surface area contributed by atoms with Gasteiger partial charge in [-0.05, 0) is 12.5 Å². The van der Waals surface area contributed by atoms with Crippen LogP contribution >= 0.6 is 0 Å². The molecule has 0 fully saturated rings. The number of nitrogens with zero attached hydrogens (tertiary/aromatic N) is 1. The van der Waals surface area contributed by atoms with Gasteiger partial charge in [0.15, 0.2) is 5.78 Å². The number of Topliss-reactive ketones (excluding diaryl/α,β-unsaturated/α-hetero) is 1. The van der Waals surface area contributed by atoms with Crippen molar-refractivity contribution in [2.45, 2.75) is 19.3 Å². The van der Waals surface area contributed by atoms with Gasteiger partial charge in [0, 0.05) is 29.0 Å². The van der Waals surface area contributed by atoms with Crippen molar-refractivity contribution < 1.29 is 9.53 Å². The van der Waals surface area contributed by atoms with Gasteiger partial charge in [0.25, 0.3) is 0 Å². The first-order chi connectivity index (χ1) is 14.7. The third kappa shape index (κ3) is 3.81. The molecule has 3 aromatic carbocycles. The number of ether oxygens (including phenoxy) is 1. The molecule has 0 aromatic heterocycles. The van der Waals surface area contributed by atoms with E-state index >= 15 is 0 Å². The molecular formula is C27H21NO2. The number of rotatable bonds is 4. The van der Waals surface area contributed by atoms with Crippen molar-refractivity contribution >= 4 is 11.5 Å². The molecule has 3 heteroatoms. The van der Waals surface area contributed by atoms with Crippen molar-refractivity contribution in [3.05, 3.63) is 125 Å². The molecule has 4 rings (SSSR count). The predicted molar refractivity (Wildman–Crippen MR) is 117 cm³/mol. The summed E-state index contributed by atoms with van der Waals surface area (Å²) in [6.07, 6.45) is 0.466. The third-order valence-corrected chi connectivity index (χ3v) is 5.36. The van der Waals surface area contributed by atoms with Gasteiger partial charge in [0.05, 0.1) is 11.6 Å². The molecule has 1 aliphatic heterocycles. The van der Waals surface area contributed by atoms with E-state index in [1.807, 2.05) is 78.9 Å². The van der Waals surface area contributed by atoms with Crippen LogP contribution in [0, 0.1) is 11.3 Å². The molecule has 1 heterocycles. The second-order valence-electron chi connectivity index (χ2n) is 7.23. The van der Waals surface area contributed by atoms with E-state index in [-0.39, 0.29) is 11.7 Å². The van der Waals surface area contributed by atoms with Crippen LogP contribution in [-0.2, 0) is 4.74 Å². The molecule has 3 nitrogen and oxygen atoms in total. The Morgan fingerprint density at radius 3 is 2.07 bits per heavy atom. The normalized spacial score (nSPS) is 17.7. The fourth-order valence-corrected chi connectivity index (χ4v) is 3.73. The van der Waals surface area contributed by atoms with E-state index in [4.69, 9.17) is 4.74 Å². The zero-order valence-corrected chi connectivity index (χ0v) is 16.7. The van der Waals surface area contributed by atoms with Gasteiger partial charge in [0.1, 0.15) is 11.5 Å². The molecule has 146 valence electrons. The summed E-state index contributed by atoms with van der Waals surface area (Å²) < 4.78 is 6.25. The Morgan fingerprint density at radius 2 is 1.47 bits per heavy atom. The maximum absolute atomic E-state index is 13.1. The van der Waals surface area contributed by atoms with E-state index < -0.39 is 0 Å². The molecule has 0 spiro atoms.